The first kappa shape index (κ1) is 14.9. The smallest absolute Gasteiger partial charge is 0.263 e. The molecule has 1 aromatic heterocycles. The highest BCUT2D eigenvalue weighted by Gasteiger charge is 2.10. The number of anilines is 1. The quantitative estimate of drug-likeness (QED) is 0.856. The summed E-state index contributed by atoms with van der Waals surface area (Å²) in [5, 5.41) is 9.53. The maximum absolute atomic E-state index is 11.8. The van der Waals surface area contributed by atoms with Crippen LogP contribution in [-0.2, 0) is 4.79 Å². The average Bonchev–Trinajstić information content (AvgIpc) is 2.79. The molecule has 112 valence electrons. The van der Waals surface area contributed by atoms with Crippen LogP contribution in [0, 0.1) is 13.8 Å². The molecule has 0 aliphatic rings. The van der Waals surface area contributed by atoms with Crippen LogP contribution in [0.25, 0.3) is 0 Å². The molecule has 0 fully saturated rings. The number of rotatable bonds is 6. The number of hydrogen-bond acceptors (Lipinski definition) is 4. The molecule has 6 heteroatoms. The summed E-state index contributed by atoms with van der Waals surface area (Å²) in [6, 6.07) is 7.14. The summed E-state index contributed by atoms with van der Waals surface area (Å²) in [6.45, 7) is 6.26. The minimum atomic E-state index is -0.251. The van der Waals surface area contributed by atoms with E-state index in [0.29, 0.717) is 18.2 Å². The van der Waals surface area contributed by atoms with Crippen molar-refractivity contribution in [2.75, 3.05) is 18.5 Å². The largest absolute Gasteiger partial charge is 0.494 e. The molecule has 6 nitrogen and oxygen atoms in total. The monoisotopic (exact) mass is 289 g/mol. The summed E-state index contributed by atoms with van der Waals surface area (Å²) in [4.78, 5) is 11.8. The van der Waals surface area contributed by atoms with Gasteiger partial charge in [0.2, 0.25) is 0 Å². The molecule has 0 saturated carbocycles. The fourth-order valence-electron chi connectivity index (χ4n) is 1.72. The van der Waals surface area contributed by atoms with Crippen LogP contribution in [0.4, 0.5) is 5.82 Å². The summed E-state index contributed by atoms with van der Waals surface area (Å²) >= 11 is 0. The van der Waals surface area contributed by atoms with E-state index in [1.165, 1.54) is 0 Å². The van der Waals surface area contributed by atoms with Gasteiger partial charge in [0.1, 0.15) is 11.5 Å². The van der Waals surface area contributed by atoms with E-state index in [0.717, 1.165) is 17.0 Å². The molecule has 21 heavy (non-hydrogen) atoms. The zero-order chi connectivity index (χ0) is 15.2. The Bertz CT molecular complexity index is 605. The molecule has 0 aliphatic heterocycles. The van der Waals surface area contributed by atoms with Gasteiger partial charge < -0.3 is 14.8 Å². The molecule has 0 spiro atoms. The van der Waals surface area contributed by atoms with Gasteiger partial charge in [0.15, 0.2) is 12.4 Å². The number of nitrogens with zero attached hydrogens (tertiary/aromatic N) is 1. The number of aryl methyl sites for hydroxylation is 1. The maximum Gasteiger partial charge on any atom is 0.263 e. The normalized spacial score (nSPS) is 10.2. The molecule has 1 aromatic carbocycles. The molecule has 2 aromatic rings. The van der Waals surface area contributed by atoms with Crippen LogP contribution in [0.1, 0.15) is 18.2 Å². The highest BCUT2D eigenvalue weighted by Crippen LogP contribution is 2.18. The Balaban J connectivity index is 1.85. The molecule has 0 bridgehead atoms. The van der Waals surface area contributed by atoms with Gasteiger partial charge in [-0.05, 0) is 45.0 Å². The molecule has 1 heterocycles. The number of H-pyrrole nitrogens is 1. The van der Waals surface area contributed by atoms with Gasteiger partial charge in [-0.1, -0.05) is 0 Å². The van der Waals surface area contributed by atoms with Crippen molar-refractivity contribution in [3.05, 3.63) is 35.5 Å². The Labute approximate surface area is 123 Å². The van der Waals surface area contributed by atoms with Crippen LogP contribution in [0.15, 0.2) is 24.3 Å². The van der Waals surface area contributed by atoms with Gasteiger partial charge >= 0.3 is 0 Å². The fourth-order valence-corrected chi connectivity index (χ4v) is 1.72. The zero-order valence-electron chi connectivity index (χ0n) is 12.4. The van der Waals surface area contributed by atoms with Gasteiger partial charge in [0.25, 0.3) is 5.91 Å². The molecule has 0 aliphatic carbocycles. The van der Waals surface area contributed by atoms with Gasteiger partial charge in [-0.3, -0.25) is 9.89 Å². The Kier molecular flexibility index (Phi) is 4.81. The Morgan fingerprint density at radius 1 is 1.19 bits per heavy atom. The van der Waals surface area contributed by atoms with E-state index in [2.05, 4.69) is 15.5 Å². The summed E-state index contributed by atoms with van der Waals surface area (Å²) in [6.07, 6.45) is 0. The zero-order valence-corrected chi connectivity index (χ0v) is 12.4. The lowest BCUT2D eigenvalue weighted by Gasteiger charge is -2.08. The number of aromatic nitrogens is 2. The third-order valence-electron chi connectivity index (χ3n) is 3.02. The first-order valence-electron chi connectivity index (χ1n) is 6.77. The van der Waals surface area contributed by atoms with Gasteiger partial charge in [-0.2, -0.15) is 5.10 Å². The first-order valence-corrected chi connectivity index (χ1v) is 6.77. The second-order valence-electron chi connectivity index (χ2n) is 4.56. The number of aromatic amines is 1. The summed E-state index contributed by atoms with van der Waals surface area (Å²) in [7, 11) is 0. The van der Waals surface area contributed by atoms with Crippen molar-refractivity contribution in [3.63, 3.8) is 0 Å². The molecule has 1 amide bonds. The fraction of sp³-hybridized carbons (Fsp3) is 0.333. The topological polar surface area (TPSA) is 76.2 Å². The van der Waals surface area contributed by atoms with Crippen molar-refractivity contribution in [1.29, 1.82) is 0 Å². The van der Waals surface area contributed by atoms with Crippen LogP contribution in [-0.4, -0.2) is 29.3 Å². The summed E-state index contributed by atoms with van der Waals surface area (Å²) in [5.74, 6) is 1.67. The number of amides is 1. The van der Waals surface area contributed by atoms with E-state index in [4.69, 9.17) is 9.47 Å². The molecule has 2 rings (SSSR count). The van der Waals surface area contributed by atoms with Crippen LogP contribution in [0.5, 0.6) is 11.5 Å². The SMILES string of the molecule is CCOc1ccc(OCC(=O)Nc2n[nH]c(C)c2C)cc1. The molecule has 0 atom stereocenters. The lowest BCUT2D eigenvalue weighted by atomic mass is 10.3. The van der Waals surface area contributed by atoms with E-state index in [1.54, 1.807) is 24.3 Å². The van der Waals surface area contributed by atoms with E-state index in [9.17, 15) is 4.79 Å². The van der Waals surface area contributed by atoms with Crippen LogP contribution in [0.2, 0.25) is 0 Å². The summed E-state index contributed by atoms with van der Waals surface area (Å²) in [5.41, 5.74) is 1.85. The van der Waals surface area contributed by atoms with E-state index in [-0.39, 0.29) is 12.5 Å². The third kappa shape index (κ3) is 3.98. The van der Waals surface area contributed by atoms with Gasteiger partial charge in [-0.15, -0.1) is 0 Å². The second kappa shape index (κ2) is 6.78. The van der Waals surface area contributed by atoms with E-state index in [1.807, 2.05) is 20.8 Å². The van der Waals surface area contributed by atoms with Crippen LogP contribution >= 0.6 is 0 Å². The Morgan fingerprint density at radius 3 is 2.33 bits per heavy atom. The second-order valence-corrected chi connectivity index (χ2v) is 4.56. The van der Waals surface area contributed by atoms with Crippen molar-refractivity contribution in [1.82, 2.24) is 10.2 Å². The minimum Gasteiger partial charge on any atom is -0.494 e. The highest BCUT2D eigenvalue weighted by atomic mass is 16.5. The van der Waals surface area contributed by atoms with Crippen molar-refractivity contribution in [2.24, 2.45) is 0 Å². The predicted octanol–water partition coefficient (Wildman–Crippen LogP) is 2.44. The van der Waals surface area contributed by atoms with Crippen molar-refractivity contribution >= 4 is 11.7 Å². The van der Waals surface area contributed by atoms with E-state index >= 15 is 0 Å². The molecule has 0 unspecified atom stereocenters. The molecular formula is C15H19N3O3. The Hall–Kier alpha value is -2.50. The Morgan fingerprint density at radius 2 is 1.81 bits per heavy atom. The lowest BCUT2D eigenvalue weighted by molar-refractivity contribution is -0.118. The van der Waals surface area contributed by atoms with E-state index < -0.39 is 0 Å². The number of nitrogens with one attached hydrogen (secondary N) is 2. The number of hydrogen-bond donors (Lipinski definition) is 2. The predicted molar refractivity (Wildman–Crippen MR) is 79.8 cm³/mol. The lowest BCUT2D eigenvalue weighted by Crippen LogP contribution is -2.20. The van der Waals surface area contributed by atoms with Crippen molar-refractivity contribution in [2.45, 2.75) is 20.8 Å². The third-order valence-corrected chi connectivity index (χ3v) is 3.02. The van der Waals surface area contributed by atoms with Crippen molar-refractivity contribution < 1.29 is 14.3 Å². The number of carbonyl (C=O) groups is 1. The highest BCUT2D eigenvalue weighted by molar-refractivity contribution is 5.91. The molecule has 0 radical (unpaired) electrons. The molecule has 2 N–H and O–H groups in total. The van der Waals surface area contributed by atoms with Crippen LogP contribution < -0.4 is 14.8 Å². The van der Waals surface area contributed by atoms with Crippen LogP contribution in [0.3, 0.4) is 0 Å². The first-order chi connectivity index (χ1) is 10.1. The van der Waals surface area contributed by atoms with Gasteiger partial charge in [0, 0.05) is 11.3 Å². The molecular weight excluding hydrogens is 270 g/mol. The number of carbonyl (C=O) groups excluding carboxylic acids is 1. The average molecular weight is 289 g/mol. The molecule has 0 saturated heterocycles. The number of ether oxygens (including phenoxy) is 2. The van der Waals surface area contributed by atoms with Gasteiger partial charge in [0.05, 0.1) is 6.61 Å². The maximum atomic E-state index is 11.8. The summed E-state index contributed by atoms with van der Waals surface area (Å²) < 4.78 is 10.7. The number of benzene rings is 1. The standard InChI is InChI=1S/C15H19N3O3/c1-4-20-12-5-7-13(8-6-12)21-9-14(19)16-15-10(2)11(3)17-18-15/h5-8H,4,9H2,1-3H3,(H2,16,17,18,19). The van der Waals surface area contributed by atoms with Gasteiger partial charge in [-0.25, -0.2) is 0 Å². The minimum absolute atomic E-state index is 0.0701. The van der Waals surface area contributed by atoms with Crippen molar-refractivity contribution in [3.8, 4) is 11.5 Å².